The van der Waals surface area contributed by atoms with Gasteiger partial charge in [0, 0.05) is 0 Å². The van der Waals surface area contributed by atoms with Gasteiger partial charge in [-0.15, -0.1) is 0 Å². The SMILES string of the molecule is CCCCCCCCCCCCOS(=O)(=O)CCCCC.[H-].[K+]. The molecule has 0 aromatic rings. The molecule has 0 radical (unpaired) electrons. The predicted octanol–water partition coefficient (Wildman–Crippen LogP) is 2.56. The van der Waals surface area contributed by atoms with E-state index < -0.39 is 10.1 Å². The first-order valence-corrected chi connectivity index (χ1v) is 10.6. The standard InChI is InChI=1S/C17H36O3S.K.H/c1-3-5-7-8-9-10-11-12-13-14-16-20-21(18,19)17-15-6-4-2;;/h3-17H2,1-2H3;;/q;+1;-1. The van der Waals surface area contributed by atoms with Crippen molar-refractivity contribution >= 4 is 10.1 Å². The van der Waals surface area contributed by atoms with Crippen LogP contribution in [0.25, 0.3) is 0 Å². The summed E-state index contributed by atoms with van der Waals surface area (Å²) in [6, 6.07) is 0. The maximum atomic E-state index is 11.5. The first-order chi connectivity index (χ1) is 10.1. The Labute approximate surface area is 183 Å². The molecular weight excluding hydrogens is 323 g/mol. The van der Waals surface area contributed by atoms with Gasteiger partial charge >= 0.3 is 51.4 Å². The fraction of sp³-hybridized carbons (Fsp3) is 1.00. The molecule has 0 saturated carbocycles. The molecule has 0 amide bonds. The summed E-state index contributed by atoms with van der Waals surface area (Å²) < 4.78 is 28.1. The third-order valence-electron chi connectivity index (χ3n) is 3.76. The van der Waals surface area contributed by atoms with Gasteiger partial charge in [-0.05, 0) is 12.8 Å². The Kier molecular flexibility index (Phi) is 22.1. The van der Waals surface area contributed by atoms with Crippen LogP contribution in [0.1, 0.15) is 98.7 Å². The normalized spacial score (nSPS) is 11.4. The summed E-state index contributed by atoms with van der Waals surface area (Å²) in [5, 5.41) is 0. The molecule has 0 unspecified atom stereocenters. The average Bonchev–Trinajstić information content (AvgIpc) is 2.45. The minimum atomic E-state index is -3.26. The molecular formula is C17H37KO3S. The first-order valence-electron chi connectivity index (χ1n) is 8.99. The van der Waals surface area contributed by atoms with Crippen molar-refractivity contribution in [2.45, 2.75) is 97.3 Å². The van der Waals surface area contributed by atoms with E-state index in [2.05, 4.69) is 13.8 Å². The molecule has 0 saturated heterocycles. The molecule has 5 heteroatoms. The third kappa shape index (κ3) is 19.6. The van der Waals surface area contributed by atoms with Gasteiger partial charge < -0.3 is 1.43 Å². The van der Waals surface area contributed by atoms with Crippen LogP contribution in [-0.4, -0.2) is 20.8 Å². The van der Waals surface area contributed by atoms with Crippen molar-refractivity contribution in [3.63, 3.8) is 0 Å². The van der Waals surface area contributed by atoms with E-state index in [-0.39, 0.29) is 58.6 Å². The molecule has 3 nitrogen and oxygen atoms in total. The molecule has 0 atom stereocenters. The van der Waals surface area contributed by atoms with Gasteiger partial charge in [0.2, 0.25) is 0 Å². The van der Waals surface area contributed by atoms with E-state index in [0.29, 0.717) is 6.61 Å². The number of hydrogen-bond donors (Lipinski definition) is 0. The zero-order valence-electron chi connectivity index (χ0n) is 16.2. The zero-order valence-corrected chi connectivity index (χ0v) is 19.2. The summed E-state index contributed by atoms with van der Waals surface area (Å²) >= 11 is 0. The van der Waals surface area contributed by atoms with Gasteiger partial charge in [-0.3, -0.25) is 4.18 Å². The molecule has 0 aliphatic carbocycles. The monoisotopic (exact) mass is 360 g/mol. The zero-order chi connectivity index (χ0) is 15.8. The Hall–Kier alpha value is 1.55. The number of rotatable bonds is 16. The van der Waals surface area contributed by atoms with Crippen LogP contribution in [0.3, 0.4) is 0 Å². The van der Waals surface area contributed by atoms with E-state index in [9.17, 15) is 8.42 Å². The van der Waals surface area contributed by atoms with Gasteiger partial charge in [-0.25, -0.2) is 0 Å². The smallest absolute Gasteiger partial charge is 1.00 e. The van der Waals surface area contributed by atoms with Crippen LogP contribution >= 0.6 is 0 Å². The maximum absolute atomic E-state index is 11.5. The summed E-state index contributed by atoms with van der Waals surface area (Å²) in [5.41, 5.74) is 0. The quantitative estimate of drug-likeness (QED) is 0.241. The predicted molar refractivity (Wildman–Crippen MR) is 92.2 cm³/mol. The Morgan fingerprint density at radius 3 is 1.59 bits per heavy atom. The Morgan fingerprint density at radius 2 is 1.09 bits per heavy atom. The van der Waals surface area contributed by atoms with Crippen LogP contribution in [0.4, 0.5) is 0 Å². The summed E-state index contributed by atoms with van der Waals surface area (Å²) in [6.07, 6.45) is 15.2. The van der Waals surface area contributed by atoms with E-state index in [1.165, 1.54) is 51.4 Å². The fourth-order valence-electron chi connectivity index (χ4n) is 2.36. The van der Waals surface area contributed by atoms with Crippen molar-refractivity contribution in [3.8, 4) is 0 Å². The minimum absolute atomic E-state index is 0. The van der Waals surface area contributed by atoms with E-state index in [1.807, 2.05) is 0 Å². The molecule has 0 aromatic heterocycles. The van der Waals surface area contributed by atoms with E-state index in [4.69, 9.17) is 4.18 Å². The van der Waals surface area contributed by atoms with Crippen molar-refractivity contribution in [2.75, 3.05) is 12.4 Å². The second-order valence-corrected chi connectivity index (χ2v) is 7.73. The van der Waals surface area contributed by atoms with E-state index in [0.717, 1.165) is 32.1 Å². The van der Waals surface area contributed by atoms with E-state index in [1.54, 1.807) is 0 Å². The molecule has 0 aliphatic heterocycles. The molecule has 0 spiro atoms. The van der Waals surface area contributed by atoms with Gasteiger partial charge in [0.15, 0.2) is 0 Å². The maximum Gasteiger partial charge on any atom is 1.00 e. The second kappa shape index (κ2) is 18.9. The van der Waals surface area contributed by atoms with Crippen LogP contribution < -0.4 is 51.4 Å². The number of unbranched alkanes of at least 4 members (excludes halogenated alkanes) is 11. The number of hydrogen-bond acceptors (Lipinski definition) is 3. The van der Waals surface area contributed by atoms with Crippen molar-refractivity contribution < 1.29 is 65.4 Å². The van der Waals surface area contributed by atoms with Crippen LogP contribution in [0.2, 0.25) is 0 Å². The van der Waals surface area contributed by atoms with Crippen LogP contribution in [-0.2, 0) is 14.3 Å². The van der Waals surface area contributed by atoms with Crippen LogP contribution in [0, 0.1) is 0 Å². The Morgan fingerprint density at radius 1 is 0.682 bits per heavy atom. The summed E-state index contributed by atoms with van der Waals surface area (Å²) in [4.78, 5) is 0. The van der Waals surface area contributed by atoms with Gasteiger partial charge in [0.05, 0.1) is 12.4 Å². The third-order valence-corrected chi connectivity index (χ3v) is 5.07. The molecule has 0 fully saturated rings. The van der Waals surface area contributed by atoms with E-state index >= 15 is 0 Å². The first kappa shape index (κ1) is 25.8. The molecule has 0 N–H and O–H groups in total. The topological polar surface area (TPSA) is 43.4 Å². The molecule has 0 aliphatic rings. The molecule has 0 heterocycles. The van der Waals surface area contributed by atoms with Gasteiger partial charge in [-0.2, -0.15) is 8.42 Å². The second-order valence-electron chi connectivity index (χ2n) is 5.97. The average molecular weight is 361 g/mol. The van der Waals surface area contributed by atoms with Crippen LogP contribution in [0.15, 0.2) is 0 Å². The largest absolute Gasteiger partial charge is 1.00 e. The van der Waals surface area contributed by atoms with Crippen molar-refractivity contribution in [2.24, 2.45) is 0 Å². The molecule has 0 bridgehead atoms. The molecule has 22 heavy (non-hydrogen) atoms. The molecule has 130 valence electrons. The molecule has 0 rings (SSSR count). The fourth-order valence-corrected chi connectivity index (χ4v) is 3.41. The summed E-state index contributed by atoms with van der Waals surface area (Å²) in [5.74, 6) is 0.179. The van der Waals surface area contributed by atoms with Crippen LogP contribution in [0.5, 0.6) is 0 Å². The molecule has 0 aromatic carbocycles. The van der Waals surface area contributed by atoms with Crippen molar-refractivity contribution in [1.82, 2.24) is 0 Å². The summed E-state index contributed by atoms with van der Waals surface area (Å²) in [7, 11) is -3.26. The van der Waals surface area contributed by atoms with Gasteiger partial charge in [0.25, 0.3) is 10.1 Å². The Bertz CT molecular complexity index is 311. The Balaban J connectivity index is -0.00000200. The minimum Gasteiger partial charge on any atom is -1.00 e. The van der Waals surface area contributed by atoms with Gasteiger partial charge in [-0.1, -0.05) is 84.5 Å². The van der Waals surface area contributed by atoms with Crippen molar-refractivity contribution in [1.29, 1.82) is 0 Å². The van der Waals surface area contributed by atoms with Gasteiger partial charge in [0.1, 0.15) is 0 Å². The van der Waals surface area contributed by atoms with Crippen molar-refractivity contribution in [3.05, 3.63) is 0 Å². The summed E-state index contributed by atoms with van der Waals surface area (Å²) in [6.45, 7) is 4.67.